The Kier molecular flexibility index (Phi) is 4.61. The predicted molar refractivity (Wildman–Crippen MR) is 88.3 cm³/mol. The number of amides is 1. The van der Waals surface area contributed by atoms with Gasteiger partial charge >= 0.3 is 0 Å². The number of nitrogens with zero attached hydrogens (tertiary/aromatic N) is 1. The minimum atomic E-state index is 0.120. The maximum Gasteiger partial charge on any atom is 0.263 e. The number of likely N-dealkylation sites (tertiary alicyclic amines) is 1. The molecular weight excluding hydrogens is 302 g/mol. The SMILES string of the molecule is O=C(c1ccc(Cl)s1)N1CCCCC(c2ccccc2)C1. The second-order valence-corrected chi connectivity index (χ2v) is 7.17. The summed E-state index contributed by atoms with van der Waals surface area (Å²) in [5, 5.41) is 0. The predicted octanol–water partition coefficient (Wildman–Crippen LogP) is 4.81. The van der Waals surface area contributed by atoms with E-state index < -0.39 is 0 Å². The monoisotopic (exact) mass is 319 g/mol. The van der Waals surface area contributed by atoms with Gasteiger partial charge in [0.25, 0.3) is 5.91 Å². The molecule has 1 aromatic carbocycles. The molecule has 21 heavy (non-hydrogen) atoms. The van der Waals surface area contributed by atoms with E-state index in [1.54, 1.807) is 6.07 Å². The summed E-state index contributed by atoms with van der Waals surface area (Å²) in [6.07, 6.45) is 3.40. The van der Waals surface area contributed by atoms with Crippen molar-refractivity contribution in [2.75, 3.05) is 13.1 Å². The van der Waals surface area contributed by atoms with Crippen molar-refractivity contribution in [3.8, 4) is 0 Å². The van der Waals surface area contributed by atoms with E-state index in [2.05, 4.69) is 24.3 Å². The molecule has 1 fully saturated rings. The molecule has 1 aromatic heterocycles. The van der Waals surface area contributed by atoms with E-state index >= 15 is 0 Å². The van der Waals surface area contributed by atoms with E-state index in [0.29, 0.717) is 10.3 Å². The lowest BCUT2D eigenvalue weighted by atomic mass is 9.94. The van der Waals surface area contributed by atoms with Crippen LogP contribution in [0.5, 0.6) is 0 Å². The summed E-state index contributed by atoms with van der Waals surface area (Å²) in [6.45, 7) is 1.65. The van der Waals surface area contributed by atoms with Gasteiger partial charge in [0.1, 0.15) is 0 Å². The van der Waals surface area contributed by atoms with Crippen molar-refractivity contribution in [2.45, 2.75) is 25.2 Å². The van der Waals surface area contributed by atoms with E-state index in [-0.39, 0.29) is 5.91 Å². The summed E-state index contributed by atoms with van der Waals surface area (Å²) in [5.74, 6) is 0.558. The molecule has 0 radical (unpaired) electrons. The molecule has 1 saturated heterocycles. The topological polar surface area (TPSA) is 20.3 Å². The van der Waals surface area contributed by atoms with Gasteiger partial charge in [0.15, 0.2) is 0 Å². The van der Waals surface area contributed by atoms with Crippen molar-refractivity contribution < 1.29 is 4.79 Å². The van der Waals surface area contributed by atoms with Crippen LogP contribution < -0.4 is 0 Å². The fourth-order valence-electron chi connectivity index (χ4n) is 2.91. The number of hydrogen-bond donors (Lipinski definition) is 0. The van der Waals surface area contributed by atoms with E-state index in [1.807, 2.05) is 17.0 Å². The van der Waals surface area contributed by atoms with Crippen molar-refractivity contribution in [1.29, 1.82) is 0 Å². The Labute approximate surface area is 134 Å². The lowest BCUT2D eigenvalue weighted by Gasteiger charge is -2.24. The quantitative estimate of drug-likeness (QED) is 0.777. The Balaban J connectivity index is 1.77. The molecule has 1 aliphatic rings. The van der Waals surface area contributed by atoms with Crippen LogP contribution in [0.3, 0.4) is 0 Å². The van der Waals surface area contributed by atoms with E-state index in [0.717, 1.165) is 30.8 Å². The van der Waals surface area contributed by atoms with E-state index in [1.165, 1.54) is 23.3 Å². The first-order valence-electron chi connectivity index (χ1n) is 7.33. The summed E-state index contributed by atoms with van der Waals surface area (Å²) >= 11 is 7.32. The highest BCUT2D eigenvalue weighted by molar-refractivity contribution is 7.17. The van der Waals surface area contributed by atoms with Crippen molar-refractivity contribution in [3.05, 3.63) is 57.2 Å². The van der Waals surface area contributed by atoms with Gasteiger partial charge in [0.2, 0.25) is 0 Å². The smallest absolute Gasteiger partial charge is 0.263 e. The lowest BCUT2D eigenvalue weighted by molar-refractivity contribution is 0.0759. The van der Waals surface area contributed by atoms with Crippen LogP contribution in [0.4, 0.5) is 0 Å². The molecular formula is C17H18ClNOS. The van der Waals surface area contributed by atoms with Gasteiger partial charge in [0.05, 0.1) is 9.21 Å². The number of hydrogen-bond acceptors (Lipinski definition) is 2. The molecule has 0 spiro atoms. The number of benzene rings is 1. The fourth-order valence-corrected chi connectivity index (χ4v) is 3.92. The minimum Gasteiger partial charge on any atom is -0.337 e. The molecule has 2 aromatic rings. The zero-order valence-electron chi connectivity index (χ0n) is 11.8. The Bertz CT molecular complexity index is 610. The number of halogens is 1. The first kappa shape index (κ1) is 14.6. The third-order valence-electron chi connectivity index (χ3n) is 4.01. The Morgan fingerprint density at radius 2 is 1.95 bits per heavy atom. The van der Waals surface area contributed by atoms with Crippen LogP contribution in [-0.2, 0) is 0 Å². The first-order valence-corrected chi connectivity index (χ1v) is 8.53. The van der Waals surface area contributed by atoms with Gasteiger partial charge in [-0.25, -0.2) is 0 Å². The average molecular weight is 320 g/mol. The lowest BCUT2D eigenvalue weighted by Crippen LogP contribution is -2.33. The molecule has 1 atom stereocenters. The van der Waals surface area contributed by atoms with Crippen molar-refractivity contribution in [1.82, 2.24) is 4.90 Å². The van der Waals surface area contributed by atoms with E-state index in [9.17, 15) is 4.79 Å². The highest BCUT2D eigenvalue weighted by Gasteiger charge is 2.24. The average Bonchev–Trinajstić information content (AvgIpc) is 2.81. The largest absolute Gasteiger partial charge is 0.337 e. The normalized spacial score (nSPS) is 19.3. The number of thiophene rings is 1. The number of carbonyl (C=O) groups is 1. The van der Waals surface area contributed by atoms with Crippen LogP contribution in [0.15, 0.2) is 42.5 Å². The van der Waals surface area contributed by atoms with Crippen LogP contribution in [0.2, 0.25) is 4.34 Å². The van der Waals surface area contributed by atoms with Gasteiger partial charge in [-0.2, -0.15) is 0 Å². The zero-order chi connectivity index (χ0) is 14.7. The third-order valence-corrected chi connectivity index (χ3v) is 5.23. The molecule has 0 aliphatic carbocycles. The van der Waals surface area contributed by atoms with Crippen LogP contribution in [0.1, 0.15) is 40.4 Å². The number of rotatable bonds is 2. The highest BCUT2D eigenvalue weighted by Crippen LogP contribution is 2.29. The number of carbonyl (C=O) groups excluding carboxylic acids is 1. The van der Waals surface area contributed by atoms with Gasteiger partial charge in [-0.05, 0) is 30.5 Å². The van der Waals surface area contributed by atoms with Crippen LogP contribution in [-0.4, -0.2) is 23.9 Å². The molecule has 4 heteroatoms. The van der Waals surface area contributed by atoms with Gasteiger partial charge in [-0.3, -0.25) is 4.79 Å². The Hall–Kier alpha value is -1.32. The molecule has 2 nitrogen and oxygen atoms in total. The fraction of sp³-hybridized carbons (Fsp3) is 0.353. The Morgan fingerprint density at radius 1 is 1.14 bits per heavy atom. The molecule has 0 bridgehead atoms. The molecule has 0 N–H and O–H groups in total. The second kappa shape index (κ2) is 6.63. The van der Waals surface area contributed by atoms with Gasteiger partial charge in [0, 0.05) is 19.0 Å². The maximum atomic E-state index is 12.6. The summed E-state index contributed by atoms with van der Waals surface area (Å²) in [5.41, 5.74) is 1.33. The molecule has 110 valence electrons. The summed E-state index contributed by atoms with van der Waals surface area (Å²) in [4.78, 5) is 15.4. The van der Waals surface area contributed by atoms with Crippen LogP contribution in [0.25, 0.3) is 0 Å². The molecule has 1 amide bonds. The standard InChI is InChI=1S/C17H18ClNOS/c18-16-10-9-15(21-16)17(20)19-11-5-4-8-14(12-19)13-6-2-1-3-7-13/h1-3,6-7,9-10,14H,4-5,8,11-12H2. The van der Waals surface area contributed by atoms with Crippen LogP contribution >= 0.6 is 22.9 Å². The van der Waals surface area contributed by atoms with Gasteiger partial charge < -0.3 is 4.90 Å². The van der Waals surface area contributed by atoms with Crippen molar-refractivity contribution in [3.63, 3.8) is 0 Å². The first-order chi connectivity index (χ1) is 10.2. The van der Waals surface area contributed by atoms with Gasteiger partial charge in [-0.1, -0.05) is 48.4 Å². The Morgan fingerprint density at radius 3 is 2.67 bits per heavy atom. The minimum absolute atomic E-state index is 0.120. The highest BCUT2D eigenvalue weighted by atomic mass is 35.5. The molecule has 1 aliphatic heterocycles. The van der Waals surface area contributed by atoms with Crippen molar-refractivity contribution in [2.24, 2.45) is 0 Å². The third kappa shape index (κ3) is 3.47. The maximum absolute atomic E-state index is 12.6. The molecule has 3 rings (SSSR count). The van der Waals surface area contributed by atoms with Crippen molar-refractivity contribution >= 4 is 28.8 Å². The van der Waals surface area contributed by atoms with Gasteiger partial charge in [-0.15, -0.1) is 11.3 Å². The van der Waals surface area contributed by atoms with E-state index in [4.69, 9.17) is 11.6 Å². The molecule has 2 heterocycles. The second-order valence-electron chi connectivity index (χ2n) is 5.46. The summed E-state index contributed by atoms with van der Waals surface area (Å²) < 4.78 is 0.674. The zero-order valence-corrected chi connectivity index (χ0v) is 13.4. The summed E-state index contributed by atoms with van der Waals surface area (Å²) in [7, 11) is 0. The molecule has 0 saturated carbocycles. The van der Waals surface area contributed by atoms with Crippen LogP contribution in [0, 0.1) is 0 Å². The molecule has 1 unspecified atom stereocenters. The summed E-state index contributed by atoms with van der Waals surface area (Å²) in [6, 6.07) is 14.2.